The molecule has 0 spiro atoms. The Hall–Kier alpha value is 2.96. The standard InChI is InChI=1S/C20H12Cl12/c21-11-12(22)18(28)10-6(15(11,25)19(18,29)30)2-3-4-1-5(7(3)10)9-8(4)16(26)13(23)14(24)17(9,27)20(16,31)32/h3-10H,1-2H2/t3-,4-,5-,6+,7-,8+,9-,10+,15+,16-,17-,18+/m1/s1. The second-order valence-electron chi connectivity index (χ2n) is 10.5. The summed E-state index contributed by atoms with van der Waals surface area (Å²) >= 11 is 82.8. The molecule has 0 N–H and O–H groups in total. The lowest BCUT2D eigenvalue weighted by Crippen LogP contribution is -2.51. The molecule has 7 rings (SSSR count). The van der Waals surface area contributed by atoms with Crippen LogP contribution in [0.4, 0.5) is 0 Å². The molecule has 176 valence electrons. The first-order valence-corrected chi connectivity index (χ1v) is 14.8. The van der Waals surface area contributed by atoms with Gasteiger partial charge < -0.3 is 0 Å². The molecule has 0 aromatic carbocycles. The lowest BCUT2D eigenvalue weighted by molar-refractivity contribution is 0.0869. The zero-order chi connectivity index (χ0) is 23.3. The molecule has 32 heavy (non-hydrogen) atoms. The van der Waals surface area contributed by atoms with Gasteiger partial charge in [-0.05, 0) is 60.2 Å². The van der Waals surface area contributed by atoms with Crippen LogP contribution in [0.3, 0.4) is 0 Å². The Labute approximate surface area is 245 Å². The Balaban J connectivity index is 1.41. The molecule has 0 amide bonds. The number of allylic oxidation sites excluding steroid dienone is 4. The number of fused-ring (bicyclic) bond motifs is 18. The number of halogens is 12. The molecular weight excluding hydrogens is 666 g/mol. The minimum absolute atomic E-state index is 0.0844. The fourth-order valence-corrected chi connectivity index (χ4v) is 15.6. The first kappa shape index (κ1) is 24.0. The van der Waals surface area contributed by atoms with Crippen LogP contribution in [0.15, 0.2) is 20.1 Å². The Morgan fingerprint density at radius 1 is 0.469 bits per heavy atom. The van der Waals surface area contributed by atoms with Gasteiger partial charge in [0.2, 0.25) is 0 Å². The molecule has 7 aliphatic carbocycles. The van der Waals surface area contributed by atoms with Gasteiger partial charge in [0.1, 0.15) is 19.5 Å². The van der Waals surface area contributed by atoms with Crippen LogP contribution in [-0.4, -0.2) is 28.2 Å². The summed E-state index contributed by atoms with van der Waals surface area (Å²) in [7, 11) is 0. The van der Waals surface area contributed by atoms with E-state index in [1.807, 2.05) is 0 Å². The van der Waals surface area contributed by atoms with Gasteiger partial charge in [-0.2, -0.15) is 0 Å². The molecule has 0 saturated heterocycles. The van der Waals surface area contributed by atoms with Crippen molar-refractivity contribution >= 4 is 139 Å². The highest BCUT2D eigenvalue weighted by atomic mass is 35.5. The van der Waals surface area contributed by atoms with Crippen molar-refractivity contribution in [1.82, 2.24) is 0 Å². The summed E-state index contributed by atoms with van der Waals surface area (Å²) in [4.78, 5) is -5.11. The van der Waals surface area contributed by atoms with Crippen molar-refractivity contribution in [3.8, 4) is 0 Å². The lowest BCUT2D eigenvalue weighted by Gasteiger charge is -2.47. The predicted molar refractivity (Wildman–Crippen MR) is 138 cm³/mol. The van der Waals surface area contributed by atoms with Crippen molar-refractivity contribution in [3.63, 3.8) is 0 Å². The van der Waals surface area contributed by atoms with Crippen LogP contribution in [0.2, 0.25) is 0 Å². The van der Waals surface area contributed by atoms with Gasteiger partial charge in [0.15, 0.2) is 8.67 Å². The maximum Gasteiger partial charge on any atom is 0.166 e. The molecule has 7 aliphatic rings. The highest BCUT2D eigenvalue weighted by Gasteiger charge is 2.91. The van der Waals surface area contributed by atoms with E-state index in [1.165, 1.54) is 0 Å². The number of alkyl halides is 8. The molecule has 6 bridgehead atoms. The molecule has 0 unspecified atom stereocenters. The molecule has 12 atom stereocenters. The van der Waals surface area contributed by atoms with E-state index in [9.17, 15) is 0 Å². The van der Waals surface area contributed by atoms with Crippen molar-refractivity contribution in [2.24, 2.45) is 47.3 Å². The van der Waals surface area contributed by atoms with Crippen molar-refractivity contribution in [1.29, 1.82) is 0 Å². The van der Waals surface area contributed by atoms with Gasteiger partial charge in [-0.1, -0.05) is 92.8 Å². The van der Waals surface area contributed by atoms with E-state index in [0.29, 0.717) is 0 Å². The summed E-state index contributed by atoms with van der Waals surface area (Å²) in [5.74, 6) is -0.0294. The second kappa shape index (κ2) is 6.23. The van der Waals surface area contributed by atoms with Gasteiger partial charge in [-0.15, -0.1) is 46.4 Å². The van der Waals surface area contributed by atoms with Gasteiger partial charge in [-0.3, -0.25) is 0 Å². The molecular formula is C20H12Cl12. The normalized spacial score (nSPS) is 64.1. The highest BCUT2D eigenvalue weighted by Crippen LogP contribution is 2.89. The van der Waals surface area contributed by atoms with E-state index < -0.39 is 28.2 Å². The first-order chi connectivity index (χ1) is 14.6. The summed E-state index contributed by atoms with van der Waals surface area (Å²) < 4.78 is -3.10. The number of rotatable bonds is 0. The van der Waals surface area contributed by atoms with Gasteiger partial charge in [0, 0.05) is 0 Å². The SMILES string of the molecule is ClC1=C(Cl)[C@@]2(Cl)[C@H]3C[C@@H]4[C@H]5C[C@H]([C@@H]4[C@H]3[C@@]1(Cl)C2(Cl)Cl)[C@@H]1[C@H]5[C@@]2(Cl)C(Cl)=C(Cl)[C@@]1(Cl)C2(Cl)Cl. The third kappa shape index (κ3) is 1.85. The molecule has 0 aromatic heterocycles. The maximum atomic E-state index is 7.23. The van der Waals surface area contributed by atoms with Gasteiger partial charge in [0.05, 0.1) is 20.1 Å². The van der Waals surface area contributed by atoms with Crippen LogP contribution in [0.1, 0.15) is 12.8 Å². The topological polar surface area (TPSA) is 0 Å². The maximum absolute atomic E-state index is 7.23. The highest BCUT2D eigenvalue weighted by molar-refractivity contribution is 6.67. The Morgan fingerprint density at radius 3 is 1.41 bits per heavy atom. The summed E-state index contributed by atoms with van der Waals surface area (Å²) in [6.07, 6.45) is 1.64. The monoisotopic (exact) mass is 672 g/mol. The minimum Gasteiger partial charge on any atom is -0.109 e. The molecule has 0 aromatic rings. The molecule has 5 fully saturated rings. The van der Waals surface area contributed by atoms with Crippen LogP contribution in [0.25, 0.3) is 0 Å². The minimum atomic E-state index is -1.55. The lowest BCUT2D eigenvalue weighted by atomic mass is 9.62. The molecule has 0 heterocycles. The summed E-state index contributed by atoms with van der Waals surface area (Å²) in [5.41, 5.74) is 0. The Kier molecular flexibility index (Phi) is 4.68. The van der Waals surface area contributed by atoms with Gasteiger partial charge in [0.25, 0.3) is 0 Å². The van der Waals surface area contributed by atoms with Crippen molar-refractivity contribution in [2.45, 2.75) is 41.0 Å². The summed E-state index contributed by atoms with van der Waals surface area (Å²) in [6, 6.07) is 0. The molecule has 0 nitrogen and oxygen atoms in total. The predicted octanol–water partition coefficient (Wildman–Crippen LogP) is 9.43. The van der Waals surface area contributed by atoms with Crippen LogP contribution < -0.4 is 0 Å². The smallest absolute Gasteiger partial charge is 0.109 e. The van der Waals surface area contributed by atoms with E-state index in [-0.39, 0.29) is 67.5 Å². The van der Waals surface area contributed by atoms with Crippen molar-refractivity contribution in [3.05, 3.63) is 20.1 Å². The summed E-state index contributed by atoms with van der Waals surface area (Å²) in [5, 5.41) is 0.952. The molecule has 12 heteroatoms. The molecule has 0 radical (unpaired) electrons. The molecule has 5 saturated carbocycles. The largest absolute Gasteiger partial charge is 0.166 e. The van der Waals surface area contributed by atoms with Gasteiger partial charge >= 0.3 is 0 Å². The third-order valence-corrected chi connectivity index (χ3v) is 18.8. The Morgan fingerprint density at radius 2 is 0.875 bits per heavy atom. The first-order valence-electron chi connectivity index (χ1n) is 10.2. The number of hydrogen-bond donors (Lipinski definition) is 0. The fraction of sp³-hybridized carbons (Fsp3) is 0.800. The fourth-order valence-electron chi connectivity index (χ4n) is 9.37. The van der Waals surface area contributed by atoms with E-state index >= 15 is 0 Å². The number of hydrogen-bond acceptors (Lipinski definition) is 0. The van der Waals surface area contributed by atoms with Crippen molar-refractivity contribution in [2.75, 3.05) is 0 Å². The zero-order valence-electron chi connectivity index (χ0n) is 15.6. The van der Waals surface area contributed by atoms with E-state index in [2.05, 4.69) is 0 Å². The van der Waals surface area contributed by atoms with Gasteiger partial charge in [-0.25, -0.2) is 0 Å². The van der Waals surface area contributed by atoms with E-state index in [4.69, 9.17) is 139 Å². The average molecular weight is 678 g/mol. The molecule has 0 aliphatic heterocycles. The second-order valence-corrected chi connectivity index (χ2v) is 17.0. The average Bonchev–Trinajstić information content (AvgIpc) is 3.48. The summed E-state index contributed by atoms with van der Waals surface area (Å²) in [6.45, 7) is 0. The zero-order valence-corrected chi connectivity index (χ0v) is 24.6. The quantitative estimate of drug-likeness (QED) is 0.177. The van der Waals surface area contributed by atoms with E-state index in [0.717, 1.165) is 12.8 Å². The van der Waals surface area contributed by atoms with Crippen LogP contribution >= 0.6 is 139 Å². The van der Waals surface area contributed by atoms with E-state index in [1.54, 1.807) is 0 Å². The van der Waals surface area contributed by atoms with Crippen LogP contribution in [0, 0.1) is 47.3 Å². The van der Waals surface area contributed by atoms with Crippen LogP contribution in [-0.2, 0) is 0 Å². The Bertz CT molecular complexity index is 1080. The van der Waals surface area contributed by atoms with Crippen LogP contribution in [0.5, 0.6) is 0 Å². The third-order valence-electron chi connectivity index (χ3n) is 10.1. The van der Waals surface area contributed by atoms with Crippen molar-refractivity contribution < 1.29 is 0 Å².